The molecule has 20 heavy (non-hydrogen) atoms. The van der Waals surface area contributed by atoms with Gasteiger partial charge in [-0.3, -0.25) is 0 Å². The number of hydrogen-bond acceptors (Lipinski definition) is 3. The predicted molar refractivity (Wildman–Crippen MR) is 84.5 cm³/mol. The Morgan fingerprint density at radius 3 is 2.35 bits per heavy atom. The lowest BCUT2D eigenvalue weighted by molar-refractivity contribution is 0.257. The number of sulfonamides is 1. The minimum absolute atomic E-state index is 0.345. The Hall–Kier alpha value is -1.07. The van der Waals surface area contributed by atoms with Gasteiger partial charge in [0, 0.05) is 19.1 Å². The van der Waals surface area contributed by atoms with Crippen molar-refractivity contribution in [2.45, 2.75) is 51.0 Å². The summed E-state index contributed by atoms with van der Waals surface area (Å²) in [4.78, 5) is 0.345. The molecule has 0 aliphatic rings. The topological polar surface area (TPSA) is 49.4 Å². The van der Waals surface area contributed by atoms with Crippen LogP contribution in [0.15, 0.2) is 29.2 Å². The highest BCUT2D eigenvalue weighted by molar-refractivity contribution is 7.89. The highest BCUT2D eigenvalue weighted by Crippen LogP contribution is 2.29. The highest BCUT2D eigenvalue weighted by atomic mass is 32.2. The third kappa shape index (κ3) is 3.52. The van der Waals surface area contributed by atoms with Crippen molar-refractivity contribution in [1.82, 2.24) is 4.31 Å². The molecule has 0 atom stereocenters. The minimum Gasteiger partial charge on any atom is -0.384 e. The molecular formula is C15H26N2O2S. The van der Waals surface area contributed by atoms with Crippen molar-refractivity contribution in [3.8, 4) is 0 Å². The van der Waals surface area contributed by atoms with Gasteiger partial charge in [0.15, 0.2) is 0 Å². The molecule has 0 spiro atoms. The van der Waals surface area contributed by atoms with Gasteiger partial charge in [0.2, 0.25) is 10.0 Å². The van der Waals surface area contributed by atoms with Gasteiger partial charge < -0.3 is 5.32 Å². The Balaban J connectivity index is 3.22. The first-order valence-electron chi connectivity index (χ1n) is 7.09. The second-order valence-electron chi connectivity index (χ2n) is 5.56. The quantitative estimate of drug-likeness (QED) is 0.840. The van der Waals surface area contributed by atoms with Crippen molar-refractivity contribution in [1.29, 1.82) is 0 Å². The molecule has 1 aromatic carbocycles. The lowest BCUT2D eigenvalue weighted by Gasteiger charge is -2.34. The van der Waals surface area contributed by atoms with E-state index in [1.807, 2.05) is 32.9 Å². The average Bonchev–Trinajstić information content (AvgIpc) is 2.44. The number of benzene rings is 1. The van der Waals surface area contributed by atoms with Crippen LogP contribution in [-0.2, 0) is 10.0 Å². The third-order valence-electron chi connectivity index (χ3n) is 3.81. The van der Waals surface area contributed by atoms with Crippen LogP contribution in [0.2, 0.25) is 0 Å². The third-order valence-corrected chi connectivity index (χ3v) is 5.94. The summed E-state index contributed by atoms with van der Waals surface area (Å²) >= 11 is 0. The van der Waals surface area contributed by atoms with E-state index < -0.39 is 15.6 Å². The standard InChI is InChI=1S/C15H26N2O2S/c1-6-12-16-13-10-8-9-11-14(13)20(18,19)17(5)15(3,4)7-2/h8-11,16H,6-7,12H2,1-5H3. The van der Waals surface area contributed by atoms with Gasteiger partial charge >= 0.3 is 0 Å². The summed E-state index contributed by atoms with van der Waals surface area (Å²) < 4.78 is 27.1. The van der Waals surface area contributed by atoms with Crippen molar-refractivity contribution < 1.29 is 8.42 Å². The Morgan fingerprint density at radius 2 is 1.80 bits per heavy atom. The van der Waals surface area contributed by atoms with Gasteiger partial charge in [0.1, 0.15) is 4.90 Å². The second-order valence-corrected chi connectivity index (χ2v) is 7.50. The Labute approximate surface area is 123 Å². The van der Waals surface area contributed by atoms with E-state index in [4.69, 9.17) is 0 Å². The van der Waals surface area contributed by atoms with E-state index in [0.29, 0.717) is 10.6 Å². The zero-order chi connectivity index (χ0) is 15.4. The van der Waals surface area contributed by atoms with Gasteiger partial charge in [0.05, 0.1) is 5.69 Å². The van der Waals surface area contributed by atoms with Gasteiger partial charge in [-0.05, 0) is 38.8 Å². The van der Waals surface area contributed by atoms with Crippen LogP contribution in [0, 0.1) is 0 Å². The number of hydrogen-bond donors (Lipinski definition) is 1. The lowest BCUT2D eigenvalue weighted by atomic mass is 10.0. The first-order chi connectivity index (χ1) is 9.27. The minimum atomic E-state index is -3.50. The van der Waals surface area contributed by atoms with Crippen LogP contribution in [0.4, 0.5) is 5.69 Å². The maximum Gasteiger partial charge on any atom is 0.245 e. The molecule has 4 nitrogen and oxygen atoms in total. The number of anilines is 1. The molecule has 1 rings (SSSR count). The summed E-state index contributed by atoms with van der Waals surface area (Å²) in [5, 5.41) is 3.19. The van der Waals surface area contributed by atoms with Gasteiger partial charge in [-0.1, -0.05) is 26.0 Å². The summed E-state index contributed by atoms with van der Waals surface area (Å²) in [6, 6.07) is 7.09. The number of rotatable bonds is 7. The number of nitrogens with one attached hydrogen (secondary N) is 1. The van der Waals surface area contributed by atoms with Gasteiger partial charge in [-0.15, -0.1) is 0 Å². The van der Waals surface area contributed by atoms with E-state index in [2.05, 4.69) is 12.2 Å². The van der Waals surface area contributed by atoms with E-state index in [-0.39, 0.29) is 0 Å². The molecule has 1 aromatic rings. The van der Waals surface area contributed by atoms with E-state index in [0.717, 1.165) is 19.4 Å². The first-order valence-corrected chi connectivity index (χ1v) is 8.53. The molecule has 0 aliphatic carbocycles. The molecule has 0 saturated carbocycles. The fraction of sp³-hybridized carbons (Fsp3) is 0.600. The molecular weight excluding hydrogens is 272 g/mol. The fourth-order valence-corrected chi connectivity index (χ4v) is 3.54. The molecule has 0 aromatic heterocycles. The van der Waals surface area contributed by atoms with Crippen LogP contribution in [0.25, 0.3) is 0 Å². The molecule has 0 fully saturated rings. The molecule has 0 aliphatic heterocycles. The molecule has 114 valence electrons. The molecule has 0 amide bonds. The lowest BCUT2D eigenvalue weighted by Crippen LogP contribution is -2.44. The second kappa shape index (κ2) is 6.59. The van der Waals surface area contributed by atoms with E-state index >= 15 is 0 Å². The Bertz CT molecular complexity index is 539. The zero-order valence-electron chi connectivity index (χ0n) is 13.1. The smallest absolute Gasteiger partial charge is 0.245 e. The van der Waals surface area contributed by atoms with Crippen molar-refractivity contribution in [2.24, 2.45) is 0 Å². The monoisotopic (exact) mass is 298 g/mol. The summed E-state index contributed by atoms with van der Waals surface area (Å²) in [6.45, 7) is 8.68. The van der Waals surface area contributed by atoms with Crippen LogP contribution in [0.5, 0.6) is 0 Å². The number of para-hydroxylation sites is 1. The molecule has 5 heteroatoms. The first kappa shape index (κ1) is 17.0. The maximum atomic E-state index is 12.8. The number of nitrogens with zero attached hydrogens (tertiary/aromatic N) is 1. The van der Waals surface area contributed by atoms with Crippen molar-refractivity contribution >= 4 is 15.7 Å². The molecule has 0 radical (unpaired) electrons. The van der Waals surface area contributed by atoms with Gasteiger partial charge in [0.25, 0.3) is 0 Å². The summed E-state index contributed by atoms with van der Waals surface area (Å²) in [5.74, 6) is 0. The Kier molecular flexibility index (Phi) is 5.59. The van der Waals surface area contributed by atoms with E-state index in [1.165, 1.54) is 4.31 Å². The molecule has 0 unspecified atom stereocenters. The van der Waals surface area contributed by atoms with Crippen LogP contribution in [0.1, 0.15) is 40.5 Å². The molecule has 1 N–H and O–H groups in total. The highest BCUT2D eigenvalue weighted by Gasteiger charge is 2.33. The van der Waals surface area contributed by atoms with Crippen molar-refractivity contribution in [3.05, 3.63) is 24.3 Å². The molecule has 0 bridgehead atoms. The molecule has 0 saturated heterocycles. The van der Waals surface area contributed by atoms with Gasteiger partial charge in [-0.25, -0.2) is 8.42 Å². The van der Waals surface area contributed by atoms with Crippen LogP contribution < -0.4 is 5.32 Å². The van der Waals surface area contributed by atoms with Crippen molar-refractivity contribution in [2.75, 3.05) is 18.9 Å². The SMILES string of the molecule is CCCNc1ccccc1S(=O)(=O)N(C)C(C)(C)CC. The van der Waals surface area contributed by atoms with Crippen LogP contribution in [0.3, 0.4) is 0 Å². The predicted octanol–water partition coefficient (Wildman–Crippen LogP) is 3.32. The van der Waals surface area contributed by atoms with Crippen LogP contribution in [-0.4, -0.2) is 31.9 Å². The maximum absolute atomic E-state index is 12.8. The van der Waals surface area contributed by atoms with Gasteiger partial charge in [-0.2, -0.15) is 4.31 Å². The van der Waals surface area contributed by atoms with E-state index in [1.54, 1.807) is 19.2 Å². The molecule has 0 heterocycles. The average molecular weight is 298 g/mol. The zero-order valence-corrected chi connectivity index (χ0v) is 13.9. The summed E-state index contributed by atoms with van der Waals surface area (Å²) in [5.41, 5.74) is 0.268. The summed E-state index contributed by atoms with van der Waals surface area (Å²) in [7, 11) is -1.85. The summed E-state index contributed by atoms with van der Waals surface area (Å²) in [6.07, 6.45) is 1.71. The van der Waals surface area contributed by atoms with Crippen molar-refractivity contribution in [3.63, 3.8) is 0 Å². The Morgan fingerprint density at radius 1 is 1.20 bits per heavy atom. The van der Waals surface area contributed by atoms with Crippen LogP contribution >= 0.6 is 0 Å². The normalized spacial score (nSPS) is 12.7. The fourth-order valence-electron chi connectivity index (χ4n) is 1.79. The largest absolute Gasteiger partial charge is 0.384 e. The van der Waals surface area contributed by atoms with E-state index in [9.17, 15) is 8.42 Å².